The van der Waals surface area contributed by atoms with Crippen LogP contribution < -0.4 is 5.32 Å². The van der Waals surface area contributed by atoms with Crippen molar-refractivity contribution in [2.75, 3.05) is 13.2 Å². The van der Waals surface area contributed by atoms with E-state index < -0.39 is 12.1 Å². The molecule has 0 aromatic rings. The minimum absolute atomic E-state index is 0.0142. The van der Waals surface area contributed by atoms with E-state index in [0.717, 1.165) is 51.4 Å². The maximum Gasteiger partial charge on any atom is 0.305 e. The van der Waals surface area contributed by atoms with Crippen molar-refractivity contribution in [3.63, 3.8) is 0 Å². The van der Waals surface area contributed by atoms with Gasteiger partial charge in [-0.15, -0.1) is 0 Å². The molecule has 0 aromatic heterocycles. The van der Waals surface area contributed by atoms with Gasteiger partial charge in [-0.3, -0.25) is 9.59 Å². The van der Waals surface area contributed by atoms with Gasteiger partial charge in [-0.25, -0.2) is 0 Å². The van der Waals surface area contributed by atoms with Crippen LogP contribution in [0.5, 0.6) is 0 Å². The summed E-state index contributed by atoms with van der Waals surface area (Å²) in [6, 6.07) is -0.584. The number of carbonyl (C=O) groups is 2. The molecule has 6 heteroatoms. The Balaban J connectivity index is 3.53. The number of carbonyl (C=O) groups excluding carboxylic acids is 2. The van der Waals surface area contributed by atoms with E-state index in [2.05, 4.69) is 37.4 Å². The van der Waals surface area contributed by atoms with Crippen molar-refractivity contribution in [2.24, 2.45) is 0 Å². The van der Waals surface area contributed by atoms with Gasteiger partial charge in [0.05, 0.1) is 25.4 Å². The van der Waals surface area contributed by atoms with Gasteiger partial charge in [0.15, 0.2) is 0 Å². The molecule has 0 saturated heterocycles. The summed E-state index contributed by atoms with van der Waals surface area (Å²) in [4.78, 5) is 24.4. The third kappa shape index (κ3) is 45.7. The molecule has 6 nitrogen and oxygen atoms in total. The lowest BCUT2D eigenvalue weighted by atomic mass is 10.0. The fourth-order valence-corrected chi connectivity index (χ4v) is 7.98. The molecule has 0 heterocycles. The number of aliphatic hydroxyl groups excluding tert-OH is 2. The molecule has 0 aromatic carbocycles. The minimum atomic E-state index is -0.697. The van der Waals surface area contributed by atoms with Gasteiger partial charge < -0.3 is 20.3 Å². The van der Waals surface area contributed by atoms with Crippen LogP contribution in [0.25, 0.3) is 0 Å². The molecule has 2 unspecified atom stereocenters. The van der Waals surface area contributed by atoms with Gasteiger partial charge in [-0.2, -0.15) is 0 Å². The summed E-state index contributed by atoms with van der Waals surface area (Å²) < 4.78 is 5.46. The Morgan fingerprint density at radius 3 is 1.32 bits per heavy atom. The molecule has 0 aliphatic carbocycles. The van der Waals surface area contributed by atoms with E-state index in [1.165, 1.54) is 186 Å². The molecule has 0 aliphatic heterocycles. The number of rotatable bonds is 48. The van der Waals surface area contributed by atoms with E-state index in [1.807, 2.05) is 6.08 Å². The van der Waals surface area contributed by atoms with Gasteiger partial charge in [0.25, 0.3) is 0 Å². The van der Waals surface area contributed by atoms with Crippen molar-refractivity contribution in [2.45, 2.75) is 289 Å². The van der Waals surface area contributed by atoms with Crippen molar-refractivity contribution in [3.8, 4) is 0 Å². The van der Waals surface area contributed by atoms with E-state index in [1.54, 1.807) is 0 Å². The fraction of sp³-hybridized carbons (Fsp3) is 0.887. The van der Waals surface area contributed by atoms with E-state index in [9.17, 15) is 19.8 Å². The quantitative estimate of drug-likeness (QED) is 0.0322. The first-order valence-electron chi connectivity index (χ1n) is 26.1. The number of aliphatic hydroxyl groups is 2. The minimum Gasteiger partial charge on any atom is -0.466 e. The zero-order valence-corrected chi connectivity index (χ0v) is 39.5. The normalized spacial score (nSPS) is 12.8. The SMILES string of the molecule is CCCCCCCCCCCCCCCCCC(=O)OCCCCCCCC/C=C\C/C=C\CCC(=O)NC(CO)C(O)CCCCCCCCCCCCCCCC. The lowest BCUT2D eigenvalue weighted by Gasteiger charge is -2.22. The van der Waals surface area contributed by atoms with E-state index in [-0.39, 0.29) is 18.5 Å². The molecule has 0 rings (SSSR count). The predicted octanol–water partition coefficient (Wildman–Crippen LogP) is 15.5. The monoisotopic (exact) mass is 832 g/mol. The molecule has 1 amide bonds. The molecule has 2 atom stereocenters. The summed E-state index contributed by atoms with van der Waals surface area (Å²) >= 11 is 0. The molecule has 0 aliphatic rings. The van der Waals surface area contributed by atoms with Gasteiger partial charge in [-0.1, -0.05) is 244 Å². The zero-order valence-electron chi connectivity index (χ0n) is 39.5. The number of ether oxygens (including phenoxy) is 1. The molecule has 3 N–H and O–H groups in total. The molecule has 59 heavy (non-hydrogen) atoms. The summed E-state index contributed by atoms with van der Waals surface area (Å²) in [5.74, 6) is -0.129. The first-order chi connectivity index (χ1) is 29.0. The number of allylic oxidation sites excluding steroid dienone is 4. The van der Waals surface area contributed by atoms with E-state index in [0.29, 0.717) is 32.3 Å². The summed E-state index contributed by atoms with van der Waals surface area (Å²) in [6.07, 6.45) is 57.3. The Hall–Kier alpha value is -1.66. The van der Waals surface area contributed by atoms with Crippen molar-refractivity contribution < 1.29 is 24.5 Å². The summed E-state index contributed by atoms with van der Waals surface area (Å²) in [7, 11) is 0. The third-order valence-electron chi connectivity index (χ3n) is 12.0. The van der Waals surface area contributed by atoms with Crippen LogP contribution >= 0.6 is 0 Å². The van der Waals surface area contributed by atoms with Crippen molar-refractivity contribution >= 4 is 11.9 Å². The maximum absolute atomic E-state index is 12.4. The van der Waals surface area contributed by atoms with Crippen LogP contribution in [-0.2, 0) is 14.3 Å². The fourth-order valence-electron chi connectivity index (χ4n) is 7.98. The van der Waals surface area contributed by atoms with Crippen molar-refractivity contribution in [1.29, 1.82) is 0 Å². The standard InChI is InChI=1S/C53H101NO5/c1-3-5-7-9-11-13-15-17-19-23-27-31-35-39-43-47-53(58)59-48-44-40-36-32-28-24-20-22-26-30-34-38-42-46-52(57)54-50(49-55)51(56)45-41-37-33-29-25-21-18-16-14-12-10-8-6-4-2/h22,26,34,38,50-51,55-56H,3-21,23-25,27-33,35-37,39-49H2,1-2H3,(H,54,57)/b26-22-,38-34-. The Labute approximate surface area is 367 Å². The lowest BCUT2D eigenvalue weighted by molar-refractivity contribution is -0.143. The summed E-state index contributed by atoms with van der Waals surface area (Å²) in [6.45, 7) is 4.89. The molecule has 0 fully saturated rings. The van der Waals surface area contributed by atoms with Crippen LogP contribution in [0, 0.1) is 0 Å². The van der Waals surface area contributed by atoms with Crippen LogP contribution in [0.4, 0.5) is 0 Å². The smallest absolute Gasteiger partial charge is 0.305 e. The van der Waals surface area contributed by atoms with Crippen LogP contribution in [0.15, 0.2) is 24.3 Å². The first-order valence-corrected chi connectivity index (χ1v) is 26.1. The van der Waals surface area contributed by atoms with Crippen molar-refractivity contribution in [1.82, 2.24) is 5.32 Å². The molecular weight excluding hydrogens is 731 g/mol. The predicted molar refractivity (Wildman–Crippen MR) is 255 cm³/mol. The van der Waals surface area contributed by atoms with Gasteiger partial charge in [0.1, 0.15) is 0 Å². The second-order valence-corrected chi connectivity index (χ2v) is 17.9. The van der Waals surface area contributed by atoms with Crippen LogP contribution in [0.2, 0.25) is 0 Å². The topological polar surface area (TPSA) is 95.9 Å². The first kappa shape index (κ1) is 57.3. The number of amides is 1. The average molecular weight is 832 g/mol. The van der Waals surface area contributed by atoms with Crippen LogP contribution in [0.3, 0.4) is 0 Å². The molecule has 348 valence electrons. The number of nitrogens with one attached hydrogen (secondary N) is 1. The highest BCUT2D eigenvalue weighted by Gasteiger charge is 2.19. The number of esters is 1. The number of hydrogen-bond donors (Lipinski definition) is 3. The van der Waals surface area contributed by atoms with E-state index >= 15 is 0 Å². The van der Waals surface area contributed by atoms with Gasteiger partial charge in [0, 0.05) is 12.8 Å². The second kappa shape index (κ2) is 49.0. The Kier molecular flexibility index (Phi) is 47.6. The van der Waals surface area contributed by atoms with Gasteiger partial charge >= 0.3 is 5.97 Å². The van der Waals surface area contributed by atoms with Gasteiger partial charge in [-0.05, 0) is 44.9 Å². The number of hydrogen-bond acceptors (Lipinski definition) is 5. The molecule has 0 radical (unpaired) electrons. The Bertz CT molecular complexity index is 920. The van der Waals surface area contributed by atoms with Crippen LogP contribution in [-0.4, -0.2) is 47.4 Å². The summed E-state index contributed by atoms with van der Waals surface area (Å²) in [5, 5.41) is 23.1. The largest absolute Gasteiger partial charge is 0.466 e. The third-order valence-corrected chi connectivity index (χ3v) is 12.0. The maximum atomic E-state index is 12.4. The molecule has 0 saturated carbocycles. The second-order valence-electron chi connectivity index (χ2n) is 17.9. The Morgan fingerprint density at radius 2 is 0.864 bits per heavy atom. The average Bonchev–Trinajstić information content (AvgIpc) is 3.24. The van der Waals surface area contributed by atoms with Crippen molar-refractivity contribution in [3.05, 3.63) is 24.3 Å². The Morgan fingerprint density at radius 1 is 0.475 bits per heavy atom. The van der Waals surface area contributed by atoms with Gasteiger partial charge in [0.2, 0.25) is 5.91 Å². The van der Waals surface area contributed by atoms with E-state index in [4.69, 9.17) is 4.74 Å². The lowest BCUT2D eigenvalue weighted by Crippen LogP contribution is -2.45. The molecular formula is C53H101NO5. The highest BCUT2D eigenvalue weighted by Crippen LogP contribution is 2.16. The highest BCUT2D eigenvalue weighted by atomic mass is 16.5. The zero-order chi connectivity index (χ0) is 43.0. The summed E-state index contributed by atoms with van der Waals surface area (Å²) in [5.41, 5.74) is 0. The van der Waals surface area contributed by atoms with Crippen LogP contribution in [0.1, 0.15) is 277 Å². The number of unbranched alkanes of at least 4 members (excludes halogenated alkanes) is 33. The highest BCUT2D eigenvalue weighted by molar-refractivity contribution is 5.76. The molecule has 0 bridgehead atoms. The molecule has 0 spiro atoms.